The third-order valence-corrected chi connectivity index (χ3v) is 5.03. The average molecular weight is 457 g/mol. The number of carbonyl (C=O) groups is 1. The van der Waals surface area contributed by atoms with Crippen LogP contribution in [0.4, 0.5) is 17.3 Å². The highest BCUT2D eigenvalue weighted by Gasteiger charge is 2.21. The second-order valence-electron chi connectivity index (χ2n) is 7.25. The van der Waals surface area contributed by atoms with Crippen LogP contribution in [0.15, 0.2) is 58.3 Å². The van der Waals surface area contributed by atoms with E-state index in [2.05, 4.69) is 15.3 Å². The van der Waals surface area contributed by atoms with Gasteiger partial charge in [0, 0.05) is 19.3 Å². The minimum atomic E-state index is -0.645. The summed E-state index contributed by atoms with van der Waals surface area (Å²) in [7, 11) is 0. The number of rotatable bonds is 9. The second-order valence-corrected chi connectivity index (χ2v) is 7.69. The summed E-state index contributed by atoms with van der Waals surface area (Å²) in [5.74, 6) is -0.0460. The van der Waals surface area contributed by atoms with Crippen LogP contribution in [0.3, 0.4) is 0 Å². The maximum Gasteiger partial charge on any atom is 0.330 e. The maximum atomic E-state index is 12.8. The molecule has 0 spiro atoms. The van der Waals surface area contributed by atoms with Gasteiger partial charge in [0.25, 0.3) is 5.56 Å². The number of aromatic amines is 1. The largest absolute Gasteiger partial charge is 0.383 e. The molecule has 3 aromatic rings. The minimum absolute atomic E-state index is 0.0283. The molecule has 0 unspecified atom stereocenters. The number of nitrogens with zero attached hydrogens (tertiary/aromatic N) is 3. The first-order valence-corrected chi connectivity index (χ1v) is 10.6. The van der Waals surface area contributed by atoms with Gasteiger partial charge in [-0.25, -0.2) is 9.78 Å². The predicted molar refractivity (Wildman–Crippen MR) is 126 cm³/mol. The molecule has 0 saturated carbocycles. The number of amides is 1. The number of hydrogen-bond acceptors (Lipinski definition) is 6. The van der Waals surface area contributed by atoms with Crippen molar-refractivity contribution in [2.45, 2.75) is 32.9 Å². The molecule has 0 bridgehead atoms. The number of unbranched alkanes of at least 4 members (excludes halogenated alkanes) is 1. The summed E-state index contributed by atoms with van der Waals surface area (Å²) < 4.78 is 1.33. The number of nitrogens with two attached hydrogens (primary N) is 1. The van der Waals surface area contributed by atoms with E-state index in [0.717, 1.165) is 18.4 Å². The lowest BCUT2D eigenvalue weighted by Gasteiger charge is -2.26. The number of nitrogen functional groups attached to an aromatic ring is 1. The van der Waals surface area contributed by atoms with Crippen LogP contribution in [0.5, 0.6) is 0 Å². The maximum absolute atomic E-state index is 12.8. The molecule has 2 aromatic heterocycles. The number of aromatic nitrogens is 3. The lowest BCUT2D eigenvalue weighted by Crippen LogP contribution is -2.41. The molecule has 0 fully saturated rings. The van der Waals surface area contributed by atoms with E-state index >= 15 is 0 Å². The molecule has 0 aliphatic rings. The van der Waals surface area contributed by atoms with Crippen molar-refractivity contribution in [3.8, 4) is 0 Å². The minimum Gasteiger partial charge on any atom is -0.383 e. The highest BCUT2D eigenvalue weighted by molar-refractivity contribution is 6.30. The molecule has 1 aromatic carbocycles. The molecule has 0 radical (unpaired) electrons. The van der Waals surface area contributed by atoms with Crippen LogP contribution in [0.2, 0.25) is 5.02 Å². The van der Waals surface area contributed by atoms with Crippen LogP contribution in [0.25, 0.3) is 0 Å². The second kappa shape index (κ2) is 10.6. The molecule has 9 nitrogen and oxygen atoms in total. The lowest BCUT2D eigenvalue weighted by atomic mass is 10.2. The summed E-state index contributed by atoms with van der Waals surface area (Å²) in [6.07, 6.45) is 2.99. The molecule has 0 saturated heterocycles. The van der Waals surface area contributed by atoms with E-state index in [1.807, 2.05) is 37.3 Å². The first kappa shape index (κ1) is 23.1. The van der Waals surface area contributed by atoms with Crippen molar-refractivity contribution in [1.29, 1.82) is 0 Å². The van der Waals surface area contributed by atoms with Gasteiger partial charge in [-0.15, -0.1) is 0 Å². The van der Waals surface area contributed by atoms with Crippen LogP contribution in [0, 0.1) is 0 Å². The fourth-order valence-electron chi connectivity index (χ4n) is 3.24. The number of hydrogen-bond donors (Lipinski definition) is 3. The summed E-state index contributed by atoms with van der Waals surface area (Å²) >= 11 is 5.84. The van der Waals surface area contributed by atoms with Gasteiger partial charge < -0.3 is 16.0 Å². The zero-order chi connectivity index (χ0) is 23.1. The Morgan fingerprint density at radius 2 is 1.97 bits per heavy atom. The van der Waals surface area contributed by atoms with E-state index < -0.39 is 17.2 Å². The van der Waals surface area contributed by atoms with E-state index in [4.69, 9.17) is 17.3 Å². The Kier molecular flexibility index (Phi) is 7.67. The molecule has 3 rings (SSSR count). The number of halogens is 1. The van der Waals surface area contributed by atoms with E-state index in [1.54, 1.807) is 17.0 Å². The van der Waals surface area contributed by atoms with Crippen LogP contribution < -0.4 is 27.2 Å². The van der Waals surface area contributed by atoms with Gasteiger partial charge in [-0.2, -0.15) is 0 Å². The monoisotopic (exact) mass is 456 g/mol. The first-order valence-electron chi connectivity index (χ1n) is 10.2. The topological polar surface area (TPSA) is 126 Å². The molecule has 0 aliphatic carbocycles. The van der Waals surface area contributed by atoms with Crippen molar-refractivity contribution in [1.82, 2.24) is 14.5 Å². The van der Waals surface area contributed by atoms with E-state index in [9.17, 15) is 14.4 Å². The average Bonchev–Trinajstić information content (AvgIpc) is 2.75. The van der Waals surface area contributed by atoms with Gasteiger partial charge in [0.2, 0.25) is 5.91 Å². The van der Waals surface area contributed by atoms with Crippen LogP contribution in [-0.2, 0) is 17.9 Å². The molecule has 10 heteroatoms. The third-order valence-electron chi connectivity index (χ3n) is 4.81. The van der Waals surface area contributed by atoms with Gasteiger partial charge in [0.1, 0.15) is 17.3 Å². The normalized spacial score (nSPS) is 10.7. The van der Waals surface area contributed by atoms with E-state index in [-0.39, 0.29) is 24.6 Å². The predicted octanol–water partition coefficient (Wildman–Crippen LogP) is 2.61. The van der Waals surface area contributed by atoms with Gasteiger partial charge in [-0.3, -0.25) is 19.1 Å². The summed E-state index contributed by atoms with van der Waals surface area (Å²) in [6, 6.07) is 12.5. The first-order chi connectivity index (χ1) is 15.4. The fraction of sp³-hybridized carbons (Fsp3) is 0.273. The number of pyridine rings is 1. The molecule has 32 heavy (non-hydrogen) atoms. The molecular weight excluding hydrogens is 432 g/mol. The SMILES string of the molecule is CCCCn1c(N)c(N(CC(=O)Nc2ccc(Cl)cn2)Cc2ccccc2)c(=O)[nH]c1=O. The molecule has 168 valence electrons. The Morgan fingerprint density at radius 3 is 2.62 bits per heavy atom. The fourth-order valence-corrected chi connectivity index (χ4v) is 3.36. The number of anilines is 3. The number of benzene rings is 1. The Bertz CT molecular complexity index is 1180. The number of nitrogens with one attached hydrogen (secondary N) is 2. The molecule has 1 amide bonds. The molecule has 0 atom stereocenters. The Balaban J connectivity index is 1.95. The van der Waals surface area contributed by atoms with Crippen molar-refractivity contribution < 1.29 is 4.79 Å². The highest BCUT2D eigenvalue weighted by atomic mass is 35.5. The third kappa shape index (κ3) is 5.76. The van der Waals surface area contributed by atoms with E-state index in [1.165, 1.54) is 10.8 Å². The summed E-state index contributed by atoms with van der Waals surface area (Å²) in [5.41, 5.74) is 6.00. The Hall–Kier alpha value is -3.59. The molecule has 2 heterocycles. The number of carbonyl (C=O) groups excluding carboxylic acids is 1. The lowest BCUT2D eigenvalue weighted by molar-refractivity contribution is -0.115. The highest BCUT2D eigenvalue weighted by Crippen LogP contribution is 2.20. The molecule has 0 aliphatic heterocycles. The zero-order valence-electron chi connectivity index (χ0n) is 17.7. The van der Waals surface area contributed by atoms with Gasteiger partial charge >= 0.3 is 5.69 Å². The Labute approximate surface area is 189 Å². The number of H-pyrrole nitrogens is 1. The van der Waals surface area contributed by atoms with Crippen molar-refractivity contribution >= 4 is 34.8 Å². The standard InChI is InChI=1S/C22H25ClN6O3/c1-2-3-11-29-20(24)19(21(31)27-22(29)32)28(13-15-7-5-4-6-8-15)14-18(30)26-17-10-9-16(23)12-25-17/h4-10,12H,2-3,11,13-14,24H2,1H3,(H,25,26,30)(H,27,31,32). The summed E-state index contributed by atoms with van der Waals surface area (Å²) in [4.78, 5) is 45.8. The van der Waals surface area contributed by atoms with Gasteiger partial charge in [-0.05, 0) is 24.1 Å². The van der Waals surface area contributed by atoms with Crippen molar-refractivity contribution in [2.75, 3.05) is 22.5 Å². The zero-order valence-corrected chi connectivity index (χ0v) is 18.4. The van der Waals surface area contributed by atoms with E-state index in [0.29, 0.717) is 17.4 Å². The molecular formula is C22H25ClN6O3. The summed E-state index contributed by atoms with van der Waals surface area (Å²) in [5, 5.41) is 3.13. The van der Waals surface area contributed by atoms with Crippen LogP contribution in [-0.4, -0.2) is 27.0 Å². The van der Waals surface area contributed by atoms with Gasteiger partial charge in [-0.1, -0.05) is 55.3 Å². The van der Waals surface area contributed by atoms with Crippen molar-refractivity contribution in [3.63, 3.8) is 0 Å². The van der Waals surface area contributed by atoms with Gasteiger partial charge in [0.05, 0.1) is 11.6 Å². The van der Waals surface area contributed by atoms with Crippen LogP contribution in [0.1, 0.15) is 25.3 Å². The summed E-state index contributed by atoms with van der Waals surface area (Å²) in [6.45, 7) is 2.41. The van der Waals surface area contributed by atoms with Crippen molar-refractivity contribution in [2.24, 2.45) is 0 Å². The van der Waals surface area contributed by atoms with Gasteiger partial charge in [0.15, 0.2) is 0 Å². The smallest absolute Gasteiger partial charge is 0.330 e. The van der Waals surface area contributed by atoms with Crippen LogP contribution >= 0.6 is 11.6 Å². The van der Waals surface area contributed by atoms with Crippen molar-refractivity contribution in [3.05, 3.63) is 80.1 Å². The quantitative estimate of drug-likeness (QED) is 0.454. The Morgan fingerprint density at radius 1 is 1.22 bits per heavy atom. The molecule has 4 N–H and O–H groups in total.